The van der Waals surface area contributed by atoms with Gasteiger partial charge in [0.2, 0.25) is 0 Å². The lowest BCUT2D eigenvalue weighted by Crippen LogP contribution is -2.03. The van der Waals surface area contributed by atoms with Crippen LogP contribution in [0.25, 0.3) is 0 Å². The lowest BCUT2D eigenvalue weighted by atomic mass is 10.2. The van der Waals surface area contributed by atoms with Crippen LogP contribution in [0.3, 0.4) is 0 Å². The highest BCUT2D eigenvalue weighted by atomic mass is 19.3. The molecular formula is C11H8F2O3. The molecule has 0 saturated heterocycles. The number of esters is 1. The van der Waals surface area contributed by atoms with Crippen molar-refractivity contribution in [1.82, 2.24) is 0 Å². The first kappa shape index (κ1) is 12.0. The molecule has 1 aromatic carbocycles. The number of hydrogen-bond donors (Lipinski definition) is 0. The molecule has 0 amide bonds. The Kier molecular flexibility index (Phi) is 4.28. The minimum Gasteiger partial charge on any atom is -0.459 e. The number of carbonyl (C=O) groups excluding carboxylic acids is 1. The van der Waals surface area contributed by atoms with Gasteiger partial charge in [0.05, 0.1) is 12.7 Å². The molecular weight excluding hydrogens is 218 g/mol. The zero-order valence-corrected chi connectivity index (χ0v) is 8.37. The molecule has 16 heavy (non-hydrogen) atoms. The Labute approximate surface area is 91.0 Å². The van der Waals surface area contributed by atoms with E-state index in [1.165, 1.54) is 25.3 Å². The number of ether oxygens (including phenoxy) is 2. The summed E-state index contributed by atoms with van der Waals surface area (Å²) in [7, 11) is 1.18. The number of halogens is 2. The molecule has 84 valence electrons. The average molecular weight is 226 g/mol. The van der Waals surface area contributed by atoms with Crippen LogP contribution in [0.5, 0.6) is 5.75 Å². The number of rotatable bonds is 2. The smallest absolute Gasteiger partial charge is 0.387 e. The Hall–Kier alpha value is -2.09. The molecule has 0 radical (unpaired) electrons. The Morgan fingerprint density at radius 3 is 2.69 bits per heavy atom. The minimum absolute atomic E-state index is 0.0751. The third-order valence-electron chi connectivity index (χ3n) is 1.59. The van der Waals surface area contributed by atoms with Gasteiger partial charge in [0, 0.05) is 5.92 Å². The van der Waals surface area contributed by atoms with E-state index in [-0.39, 0.29) is 11.3 Å². The van der Waals surface area contributed by atoms with E-state index >= 15 is 0 Å². The molecule has 0 aliphatic rings. The van der Waals surface area contributed by atoms with Gasteiger partial charge in [-0.25, -0.2) is 4.79 Å². The molecule has 5 heteroatoms. The van der Waals surface area contributed by atoms with Crippen molar-refractivity contribution in [3.63, 3.8) is 0 Å². The highest BCUT2D eigenvalue weighted by Gasteiger charge is 2.07. The van der Waals surface area contributed by atoms with Crippen molar-refractivity contribution in [3.8, 4) is 17.6 Å². The van der Waals surface area contributed by atoms with E-state index in [0.717, 1.165) is 0 Å². The molecule has 0 fully saturated rings. The second-order valence-electron chi connectivity index (χ2n) is 2.62. The van der Waals surface area contributed by atoms with Crippen LogP contribution in [0.2, 0.25) is 0 Å². The van der Waals surface area contributed by atoms with E-state index in [1.807, 2.05) is 0 Å². The van der Waals surface area contributed by atoms with Crippen LogP contribution in [0.15, 0.2) is 24.3 Å². The SMILES string of the molecule is COC(=O)C#Cc1ccccc1OC(F)F. The fourth-order valence-electron chi connectivity index (χ4n) is 0.938. The number of alkyl halides is 2. The molecule has 0 unspecified atom stereocenters. The monoisotopic (exact) mass is 226 g/mol. The first-order chi connectivity index (χ1) is 7.63. The van der Waals surface area contributed by atoms with E-state index < -0.39 is 12.6 Å². The molecule has 0 heterocycles. The number of methoxy groups -OCH3 is 1. The maximum Gasteiger partial charge on any atom is 0.387 e. The summed E-state index contributed by atoms with van der Waals surface area (Å²) in [4.78, 5) is 10.7. The van der Waals surface area contributed by atoms with Crippen LogP contribution in [0.1, 0.15) is 5.56 Å². The molecule has 0 aromatic heterocycles. The van der Waals surface area contributed by atoms with Gasteiger partial charge in [0.1, 0.15) is 5.75 Å². The largest absolute Gasteiger partial charge is 0.459 e. The fraction of sp³-hybridized carbons (Fsp3) is 0.182. The molecule has 0 aliphatic heterocycles. The third kappa shape index (κ3) is 3.58. The van der Waals surface area contributed by atoms with Gasteiger partial charge in [0.25, 0.3) is 0 Å². The topological polar surface area (TPSA) is 35.5 Å². The molecule has 0 saturated carbocycles. The second kappa shape index (κ2) is 5.71. The number of hydrogen-bond acceptors (Lipinski definition) is 3. The summed E-state index contributed by atoms with van der Waals surface area (Å²) >= 11 is 0. The van der Waals surface area contributed by atoms with Crippen LogP contribution >= 0.6 is 0 Å². The number of benzene rings is 1. The number of para-hydroxylation sites is 1. The Morgan fingerprint density at radius 1 is 1.38 bits per heavy atom. The average Bonchev–Trinajstić information content (AvgIpc) is 2.26. The van der Waals surface area contributed by atoms with E-state index in [9.17, 15) is 13.6 Å². The van der Waals surface area contributed by atoms with Gasteiger partial charge in [-0.1, -0.05) is 18.1 Å². The summed E-state index contributed by atoms with van der Waals surface area (Å²) in [5.74, 6) is 3.69. The summed E-state index contributed by atoms with van der Waals surface area (Å²) in [5.41, 5.74) is 0.202. The Bertz CT molecular complexity index is 432. The van der Waals surface area contributed by atoms with Gasteiger partial charge in [-0.2, -0.15) is 8.78 Å². The highest BCUT2D eigenvalue weighted by Crippen LogP contribution is 2.18. The van der Waals surface area contributed by atoms with Crippen LogP contribution in [0, 0.1) is 11.8 Å². The van der Waals surface area contributed by atoms with E-state index in [4.69, 9.17) is 0 Å². The summed E-state index contributed by atoms with van der Waals surface area (Å²) in [6.45, 7) is -2.93. The van der Waals surface area contributed by atoms with E-state index in [1.54, 1.807) is 6.07 Å². The van der Waals surface area contributed by atoms with Gasteiger partial charge < -0.3 is 9.47 Å². The first-order valence-corrected chi connectivity index (χ1v) is 4.27. The van der Waals surface area contributed by atoms with Crippen molar-refractivity contribution >= 4 is 5.97 Å². The van der Waals surface area contributed by atoms with E-state index in [2.05, 4.69) is 21.3 Å². The van der Waals surface area contributed by atoms with Crippen LogP contribution < -0.4 is 4.74 Å². The molecule has 0 aliphatic carbocycles. The molecule has 0 atom stereocenters. The van der Waals surface area contributed by atoms with Crippen molar-refractivity contribution in [2.75, 3.05) is 7.11 Å². The van der Waals surface area contributed by atoms with Crippen molar-refractivity contribution in [2.45, 2.75) is 6.61 Å². The summed E-state index contributed by atoms with van der Waals surface area (Å²) < 4.78 is 32.5. The van der Waals surface area contributed by atoms with Gasteiger partial charge in [-0.3, -0.25) is 0 Å². The molecule has 0 N–H and O–H groups in total. The van der Waals surface area contributed by atoms with Crippen LogP contribution in [-0.4, -0.2) is 19.7 Å². The Morgan fingerprint density at radius 2 is 2.06 bits per heavy atom. The third-order valence-corrected chi connectivity index (χ3v) is 1.59. The molecule has 3 nitrogen and oxygen atoms in total. The maximum absolute atomic E-state index is 12.0. The fourth-order valence-corrected chi connectivity index (χ4v) is 0.938. The van der Waals surface area contributed by atoms with Crippen LogP contribution in [-0.2, 0) is 9.53 Å². The summed E-state index contributed by atoms with van der Waals surface area (Å²) in [6, 6.07) is 5.93. The minimum atomic E-state index is -2.93. The van der Waals surface area contributed by atoms with Crippen molar-refractivity contribution in [2.24, 2.45) is 0 Å². The lowest BCUT2D eigenvalue weighted by Gasteiger charge is -2.05. The number of carbonyl (C=O) groups is 1. The molecule has 0 spiro atoms. The quantitative estimate of drug-likeness (QED) is 0.570. The molecule has 1 aromatic rings. The predicted molar refractivity (Wildman–Crippen MR) is 52.0 cm³/mol. The predicted octanol–water partition coefficient (Wildman–Crippen LogP) is 1.81. The molecule has 0 bridgehead atoms. The van der Waals surface area contributed by atoms with Gasteiger partial charge in [-0.15, -0.1) is 0 Å². The van der Waals surface area contributed by atoms with Crippen LogP contribution in [0.4, 0.5) is 8.78 Å². The second-order valence-corrected chi connectivity index (χ2v) is 2.62. The van der Waals surface area contributed by atoms with E-state index in [0.29, 0.717) is 0 Å². The summed E-state index contributed by atoms with van der Waals surface area (Å²) in [6.07, 6.45) is 0. The zero-order chi connectivity index (χ0) is 12.0. The van der Waals surface area contributed by atoms with Crippen molar-refractivity contribution < 1.29 is 23.0 Å². The van der Waals surface area contributed by atoms with Gasteiger partial charge in [0.15, 0.2) is 0 Å². The first-order valence-electron chi connectivity index (χ1n) is 4.27. The highest BCUT2D eigenvalue weighted by molar-refractivity contribution is 5.89. The maximum atomic E-state index is 12.0. The normalized spacial score (nSPS) is 9.25. The lowest BCUT2D eigenvalue weighted by molar-refractivity contribution is -0.133. The van der Waals surface area contributed by atoms with Gasteiger partial charge >= 0.3 is 12.6 Å². The van der Waals surface area contributed by atoms with Crippen molar-refractivity contribution in [3.05, 3.63) is 29.8 Å². The zero-order valence-electron chi connectivity index (χ0n) is 8.37. The standard InChI is InChI=1S/C11H8F2O3/c1-15-10(14)7-6-8-4-2-3-5-9(8)16-11(12)13/h2-5,11H,1H3. The Balaban J connectivity index is 2.93. The van der Waals surface area contributed by atoms with Crippen molar-refractivity contribution in [1.29, 1.82) is 0 Å². The summed E-state index contributed by atoms with van der Waals surface area (Å²) in [5, 5.41) is 0. The van der Waals surface area contributed by atoms with Gasteiger partial charge in [-0.05, 0) is 12.1 Å². The molecule has 1 rings (SSSR count).